The van der Waals surface area contributed by atoms with Crippen LogP contribution in [0.25, 0.3) is 0 Å². The highest BCUT2D eigenvalue weighted by molar-refractivity contribution is 5.13. The summed E-state index contributed by atoms with van der Waals surface area (Å²) in [7, 11) is 0. The van der Waals surface area contributed by atoms with Crippen LogP contribution in [0.1, 0.15) is 69.8 Å². The Morgan fingerprint density at radius 2 is 1.44 bits per heavy atom. The lowest BCUT2D eigenvalue weighted by atomic mass is 9.88. The van der Waals surface area contributed by atoms with Crippen molar-refractivity contribution in [3.63, 3.8) is 0 Å². The predicted molar refractivity (Wildman–Crippen MR) is 103 cm³/mol. The lowest BCUT2D eigenvalue weighted by Crippen LogP contribution is -2.49. The van der Waals surface area contributed by atoms with E-state index in [1.165, 1.54) is 69.8 Å². The van der Waals surface area contributed by atoms with Crippen molar-refractivity contribution in [1.29, 1.82) is 0 Å². The summed E-state index contributed by atoms with van der Waals surface area (Å²) in [6, 6.07) is 11.6. The first-order valence-electron chi connectivity index (χ1n) is 10.4. The van der Waals surface area contributed by atoms with Crippen LogP contribution in [0.3, 0.4) is 0 Å². The molecular weight excluding hydrogens is 310 g/mol. The Kier molecular flexibility index (Phi) is 7.78. The molecule has 2 aliphatic rings. The van der Waals surface area contributed by atoms with Crippen molar-refractivity contribution < 1.29 is 9.84 Å². The van der Waals surface area contributed by atoms with Gasteiger partial charge in [-0.25, -0.2) is 0 Å². The Hall–Kier alpha value is -0.900. The number of aliphatic hydroxyl groups is 1. The minimum atomic E-state index is -0.382. The fraction of sp³-hybridized carbons (Fsp3) is 0.727. The van der Waals surface area contributed by atoms with Gasteiger partial charge in [-0.15, -0.1) is 0 Å². The average molecular weight is 346 g/mol. The van der Waals surface area contributed by atoms with E-state index in [2.05, 4.69) is 17.0 Å². The van der Waals surface area contributed by atoms with Gasteiger partial charge >= 0.3 is 0 Å². The van der Waals surface area contributed by atoms with Crippen molar-refractivity contribution in [3.05, 3.63) is 35.9 Å². The summed E-state index contributed by atoms with van der Waals surface area (Å²) in [5.74, 6) is 0. The molecule has 1 aromatic rings. The molecule has 0 amide bonds. The van der Waals surface area contributed by atoms with Crippen LogP contribution in [0.2, 0.25) is 0 Å². The highest BCUT2D eigenvalue weighted by atomic mass is 16.5. The SMILES string of the molecule is O[C@@H](COCc1ccccc1)CN(C1CCCCC1)C1CCCCC1. The van der Waals surface area contributed by atoms with Gasteiger partial charge in [-0.1, -0.05) is 68.9 Å². The van der Waals surface area contributed by atoms with Crippen molar-refractivity contribution in [1.82, 2.24) is 4.90 Å². The lowest BCUT2D eigenvalue weighted by Gasteiger charge is -2.42. The molecule has 0 aromatic heterocycles. The summed E-state index contributed by atoms with van der Waals surface area (Å²) < 4.78 is 5.78. The number of hydrogen-bond acceptors (Lipinski definition) is 3. The molecule has 2 fully saturated rings. The van der Waals surface area contributed by atoms with Crippen LogP contribution < -0.4 is 0 Å². The second kappa shape index (κ2) is 10.3. The van der Waals surface area contributed by atoms with E-state index in [4.69, 9.17) is 4.74 Å². The predicted octanol–water partition coefficient (Wildman–Crippen LogP) is 4.53. The fourth-order valence-electron chi connectivity index (χ4n) is 4.60. The van der Waals surface area contributed by atoms with Crippen LogP contribution in [0.15, 0.2) is 30.3 Å². The zero-order valence-corrected chi connectivity index (χ0v) is 15.6. The van der Waals surface area contributed by atoms with Crippen molar-refractivity contribution in [3.8, 4) is 0 Å². The maximum absolute atomic E-state index is 10.6. The zero-order chi connectivity index (χ0) is 17.3. The smallest absolute Gasteiger partial charge is 0.0900 e. The molecule has 3 heteroatoms. The van der Waals surface area contributed by atoms with Crippen molar-refractivity contribution >= 4 is 0 Å². The van der Waals surface area contributed by atoms with E-state index in [9.17, 15) is 5.11 Å². The van der Waals surface area contributed by atoms with E-state index in [0.29, 0.717) is 25.3 Å². The van der Waals surface area contributed by atoms with E-state index in [1.807, 2.05) is 18.2 Å². The Morgan fingerprint density at radius 1 is 0.880 bits per heavy atom. The third-order valence-electron chi connectivity index (χ3n) is 5.93. The molecule has 3 nitrogen and oxygen atoms in total. The third-order valence-corrected chi connectivity index (χ3v) is 5.93. The standard InChI is InChI=1S/C22H35NO2/c24-22(18-25-17-19-10-4-1-5-11-19)16-23(20-12-6-2-7-13-20)21-14-8-3-9-15-21/h1,4-5,10-11,20-22,24H,2-3,6-9,12-18H2/t22-/m1/s1. The second-order valence-electron chi connectivity index (χ2n) is 7.94. The fourth-order valence-corrected chi connectivity index (χ4v) is 4.60. The maximum atomic E-state index is 10.6. The molecular formula is C22H35NO2. The Labute approximate surface area is 153 Å². The first kappa shape index (κ1) is 18.9. The van der Waals surface area contributed by atoms with E-state index in [-0.39, 0.29) is 6.10 Å². The van der Waals surface area contributed by atoms with Gasteiger partial charge in [-0.05, 0) is 31.2 Å². The van der Waals surface area contributed by atoms with Gasteiger partial charge in [0.25, 0.3) is 0 Å². The van der Waals surface area contributed by atoms with Gasteiger partial charge in [-0.2, -0.15) is 0 Å². The van der Waals surface area contributed by atoms with Crippen LogP contribution in [-0.2, 0) is 11.3 Å². The number of hydrogen-bond donors (Lipinski definition) is 1. The summed E-state index contributed by atoms with van der Waals surface area (Å²) in [5.41, 5.74) is 1.17. The largest absolute Gasteiger partial charge is 0.389 e. The van der Waals surface area contributed by atoms with Crippen LogP contribution in [-0.4, -0.2) is 41.3 Å². The second-order valence-corrected chi connectivity index (χ2v) is 7.94. The lowest BCUT2D eigenvalue weighted by molar-refractivity contribution is -0.0183. The molecule has 25 heavy (non-hydrogen) atoms. The van der Waals surface area contributed by atoms with Gasteiger partial charge in [0.05, 0.1) is 19.3 Å². The van der Waals surface area contributed by atoms with E-state index in [0.717, 1.165) is 6.54 Å². The Bertz CT molecular complexity index is 448. The summed E-state index contributed by atoms with van der Waals surface area (Å²) >= 11 is 0. The van der Waals surface area contributed by atoms with Crippen LogP contribution in [0.5, 0.6) is 0 Å². The number of rotatable bonds is 8. The van der Waals surface area contributed by atoms with Gasteiger partial charge in [0.1, 0.15) is 0 Å². The number of nitrogens with zero attached hydrogens (tertiary/aromatic N) is 1. The van der Waals surface area contributed by atoms with Crippen LogP contribution >= 0.6 is 0 Å². The molecule has 0 aliphatic heterocycles. The van der Waals surface area contributed by atoms with E-state index < -0.39 is 0 Å². The molecule has 0 heterocycles. The normalized spacial score (nSPS) is 21.5. The summed E-state index contributed by atoms with van der Waals surface area (Å²) in [5, 5.41) is 10.6. The summed E-state index contributed by atoms with van der Waals surface area (Å²) in [6.45, 7) is 1.81. The van der Waals surface area contributed by atoms with Crippen molar-refractivity contribution in [2.75, 3.05) is 13.2 Å². The molecule has 2 saturated carbocycles. The Morgan fingerprint density at radius 3 is 2.00 bits per heavy atom. The zero-order valence-electron chi connectivity index (χ0n) is 15.6. The molecule has 0 bridgehead atoms. The highest BCUT2D eigenvalue weighted by Gasteiger charge is 2.30. The average Bonchev–Trinajstić information content (AvgIpc) is 2.68. The maximum Gasteiger partial charge on any atom is 0.0900 e. The molecule has 2 aliphatic carbocycles. The molecule has 0 spiro atoms. The molecule has 0 radical (unpaired) electrons. The number of benzene rings is 1. The molecule has 0 saturated heterocycles. The minimum Gasteiger partial charge on any atom is -0.389 e. The summed E-state index contributed by atoms with van der Waals surface area (Å²) in [6.07, 6.45) is 13.1. The molecule has 140 valence electrons. The van der Waals surface area contributed by atoms with Crippen LogP contribution in [0.4, 0.5) is 0 Å². The van der Waals surface area contributed by atoms with E-state index >= 15 is 0 Å². The summed E-state index contributed by atoms with van der Waals surface area (Å²) in [4.78, 5) is 2.66. The number of ether oxygens (including phenoxy) is 1. The first-order chi connectivity index (χ1) is 12.3. The van der Waals surface area contributed by atoms with Gasteiger partial charge in [-0.3, -0.25) is 4.90 Å². The molecule has 1 N–H and O–H groups in total. The molecule has 3 rings (SSSR count). The number of aliphatic hydroxyl groups excluding tert-OH is 1. The Balaban J connectivity index is 1.49. The quantitative estimate of drug-likeness (QED) is 0.751. The molecule has 1 aromatic carbocycles. The van der Waals surface area contributed by atoms with Crippen molar-refractivity contribution in [2.24, 2.45) is 0 Å². The monoisotopic (exact) mass is 345 g/mol. The van der Waals surface area contributed by atoms with Gasteiger partial charge < -0.3 is 9.84 Å². The van der Waals surface area contributed by atoms with Gasteiger partial charge in [0.2, 0.25) is 0 Å². The van der Waals surface area contributed by atoms with E-state index in [1.54, 1.807) is 0 Å². The molecule has 0 unspecified atom stereocenters. The first-order valence-corrected chi connectivity index (χ1v) is 10.4. The highest BCUT2D eigenvalue weighted by Crippen LogP contribution is 2.30. The topological polar surface area (TPSA) is 32.7 Å². The minimum absolute atomic E-state index is 0.382. The molecule has 1 atom stereocenters. The van der Waals surface area contributed by atoms with Crippen molar-refractivity contribution in [2.45, 2.75) is 89.0 Å². The van der Waals surface area contributed by atoms with Gasteiger partial charge in [0, 0.05) is 18.6 Å². The van der Waals surface area contributed by atoms with Crippen LogP contribution in [0, 0.1) is 0 Å². The third kappa shape index (κ3) is 6.09. The van der Waals surface area contributed by atoms with Gasteiger partial charge in [0.15, 0.2) is 0 Å².